The summed E-state index contributed by atoms with van der Waals surface area (Å²) >= 11 is 1.45. The molecule has 12 heavy (non-hydrogen) atoms. The molecular formula is C8H18N2OS. The third-order valence-corrected chi connectivity index (χ3v) is 2.85. The molecule has 0 saturated carbocycles. The molecule has 1 rings (SSSR count). The van der Waals surface area contributed by atoms with Gasteiger partial charge in [0.25, 0.3) is 0 Å². The lowest BCUT2D eigenvalue weighted by molar-refractivity contribution is 0.220. The van der Waals surface area contributed by atoms with Gasteiger partial charge in [-0.3, -0.25) is 4.90 Å². The zero-order valence-electron chi connectivity index (χ0n) is 8.04. The Morgan fingerprint density at radius 3 is 2.92 bits per heavy atom. The second-order valence-corrected chi connectivity index (χ2v) is 3.83. The van der Waals surface area contributed by atoms with Crippen LogP contribution in [0, 0.1) is 0 Å². The van der Waals surface area contributed by atoms with Gasteiger partial charge in [0.2, 0.25) is 0 Å². The number of hydrogen-bond acceptors (Lipinski definition) is 4. The lowest BCUT2D eigenvalue weighted by atomic mass is 10.2. The lowest BCUT2D eigenvalue weighted by Gasteiger charge is -2.17. The van der Waals surface area contributed by atoms with Crippen molar-refractivity contribution in [3.8, 4) is 0 Å². The van der Waals surface area contributed by atoms with Gasteiger partial charge in [-0.2, -0.15) is 0 Å². The largest absolute Gasteiger partial charge is 0.316 e. The minimum atomic E-state index is 0.592. The van der Waals surface area contributed by atoms with E-state index in [2.05, 4.69) is 17.3 Å². The molecule has 0 aromatic heterocycles. The maximum atomic E-state index is 5.33. The minimum Gasteiger partial charge on any atom is -0.316 e. The van der Waals surface area contributed by atoms with Crippen molar-refractivity contribution in [2.24, 2.45) is 0 Å². The molecule has 1 N–H and O–H groups in total. The Bertz CT molecular complexity index is 134. The first-order chi connectivity index (χ1) is 5.77. The van der Waals surface area contributed by atoms with Gasteiger partial charge in [0, 0.05) is 24.9 Å². The Morgan fingerprint density at radius 2 is 2.42 bits per heavy atom. The van der Waals surface area contributed by atoms with Gasteiger partial charge in [0.05, 0.1) is 6.61 Å². The second kappa shape index (κ2) is 5.07. The molecule has 1 fully saturated rings. The van der Waals surface area contributed by atoms with Crippen molar-refractivity contribution in [2.45, 2.75) is 18.5 Å². The van der Waals surface area contributed by atoms with Crippen LogP contribution in [-0.2, 0) is 4.18 Å². The standard InChI is InChI=1S/C8H18N2OS/c1-9-7-4-8(6-11-12-3)10(2)5-7/h7-9H,4-6H2,1-3H3/t7-,8+/m1/s1. The highest BCUT2D eigenvalue weighted by Crippen LogP contribution is 2.16. The van der Waals surface area contributed by atoms with E-state index >= 15 is 0 Å². The van der Waals surface area contributed by atoms with Crippen LogP contribution >= 0.6 is 12.0 Å². The van der Waals surface area contributed by atoms with Gasteiger partial charge < -0.3 is 9.50 Å². The molecule has 1 aliphatic rings. The summed E-state index contributed by atoms with van der Waals surface area (Å²) < 4.78 is 5.33. The minimum absolute atomic E-state index is 0.592. The van der Waals surface area contributed by atoms with Crippen molar-refractivity contribution >= 4 is 12.0 Å². The molecule has 1 heterocycles. The van der Waals surface area contributed by atoms with E-state index in [-0.39, 0.29) is 0 Å². The van der Waals surface area contributed by atoms with Crippen LogP contribution in [0.25, 0.3) is 0 Å². The second-order valence-electron chi connectivity index (χ2n) is 3.27. The fourth-order valence-electron chi connectivity index (χ4n) is 1.63. The Balaban J connectivity index is 2.25. The number of nitrogens with one attached hydrogen (secondary N) is 1. The van der Waals surface area contributed by atoms with Crippen LogP contribution in [0.15, 0.2) is 0 Å². The number of hydrogen-bond donors (Lipinski definition) is 1. The number of nitrogens with zero attached hydrogens (tertiary/aromatic N) is 1. The molecule has 2 atom stereocenters. The molecule has 1 aliphatic heterocycles. The number of likely N-dealkylation sites (N-methyl/N-ethyl adjacent to an activating group) is 2. The summed E-state index contributed by atoms with van der Waals surface area (Å²) in [5.41, 5.74) is 0. The summed E-state index contributed by atoms with van der Waals surface area (Å²) in [4.78, 5) is 2.36. The summed E-state index contributed by atoms with van der Waals surface area (Å²) in [7, 11) is 4.18. The third kappa shape index (κ3) is 2.62. The monoisotopic (exact) mass is 190 g/mol. The predicted molar refractivity (Wildman–Crippen MR) is 53.3 cm³/mol. The Morgan fingerprint density at radius 1 is 1.67 bits per heavy atom. The van der Waals surface area contributed by atoms with E-state index in [1.54, 1.807) is 0 Å². The molecule has 1 saturated heterocycles. The smallest absolute Gasteiger partial charge is 0.0769 e. The highest BCUT2D eigenvalue weighted by molar-refractivity contribution is 7.93. The van der Waals surface area contributed by atoms with Gasteiger partial charge in [-0.15, -0.1) is 0 Å². The number of rotatable bonds is 4. The first-order valence-electron chi connectivity index (χ1n) is 4.31. The first-order valence-corrected chi connectivity index (χ1v) is 5.46. The quantitative estimate of drug-likeness (QED) is 0.655. The average molecular weight is 190 g/mol. The molecule has 4 heteroatoms. The topological polar surface area (TPSA) is 24.5 Å². The molecule has 0 aliphatic carbocycles. The van der Waals surface area contributed by atoms with E-state index in [1.165, 1.54) is 18.5 Å². The van der Waals surface area contributed by atoms with Crippen LogP contribution in [-0.4, -0.2) is 50.5 Å². The molecule has 0 spiro atoms. The molecule has 0 bridgehead atoms. The summed E-state index contributed by atoms with van der Waals surface area (Å²) in [5.74, 6) is 0. The van der Waals surface area contributed by atoms with Crippen LogP contribution < -0.4 is 5.32 Å². The number of likely N-dealkylation sites (tertiary alicyclic amines) is 1. The summed E-state index contributed by atoms with van der Waals surface area (Å²) in [6.07, 6.45) is 3.16. The average Bonchev–Trinajstić information content (AvgIpc) is 2.43. The molecule has 0 amide bonds. The molecule has 0 aromatic carbocycles. The van der Waals surface area contributed by atoms with Crippen LogP contribution in [0.5, 0.6) is 0 Å². The Labute approximate surface area is 79.0 Å². The van der Waals surface area contributed by atoms with E-state index < -0.39 is 0 Å². The molecule has 72 valence electrons. The zero-order valence-corrected chi connectivity index (χ0v) is 8.86. The van der Waals surface area contributed by atoms with E-state index in [4.69, 9.17) is 4.18 Å². The molecule has 0 aromatic rings. The van der Waals surface area contributed by atoms with E-state index in [9.17, 15) is 0 Å². The highest BCUT2D eigenvalue weighted by Gasteiger charge is 2.28. The summed E-state index contributed by atoms with van der Waals surface area (Å²) in [6.45, 7) is 1.98. The SMILES string of the molecule is CN[C@@H]1C[C@@H](COSC)N(C)C1. The van der Waals surface area contributed by atoms with Crippen molar-refractivity contribution in [1.29, 1.82) is 0 Å². The van der Waals surface area contributed by atoms with Gasteiger partial charge in [-0.1, -0.05) is 0 Å². The van der Waals surface area contributed by atoms with E-state index in [1.807, 2.05) is 13.3 Å². The zero-order chi connectivity index (χ0) is 8.97. The van der Waals surface area contributed by atoms with Crippen LogP contribution in [0.4, 0.5) is 0 Å². The lowest BCUT2D eigenvalue weighted by Crippen LogP contribution is -2.29. The Kier molecular flexibility index (Phi) is 4.35. The van der Waals surface area contributed by atoms with Gasteiger partial charge in [-0.25, -0.2) is 0 Å². The van der Waals surface area contributed by atoms with Gasteiger partial charge in [0.1, 0.15) is 0 Å². The Hall–Kier alpha value is 0.230. The fraction of sp³-hybridized carbons (Fsp3) is 1.00. The van der Waals surface area contributed by atoms with Crippen molar-refractivity contribution in [1.82, 2.24) is 10.2 Å². The van der Waals surface area contributed by atoms with Crippen LogP contribution in [0.3, 0.4) is 0 Å². The van der Waals surface area contributed by atoms with Crippen molar-refractivity contribution < 1.29 is 4.18 Å². The molecule has 0 radical (unpaired) electrons. The summed E-state index contributed by atoms with van der Waals surface area (Å²) in [5, 5.41) is 3.30. The van der Waals surface area contributed by atoms with Crippen LogP contribution in [0.2, 0.25) is 0 Å². The van der Waals surface area contributed by atoms with Gasteiger partial charge in [-0.05, 0) is 32.6 Å². The van der Waals surface area contributed by atoms with Gasteiger partial charge in [0.15, 0.2) is 0 Å². The van der Waals surface area contributed by atoms with E-state index in [0.717, 1.165) is 13.2 Å². The fourth-order valence-corrected chi connectivity index (χ4v) is 1.92. The van der Waals surface area contributed by atoms with Crippen molar-refractivity contribution in [2.75, 3.05) is 33.5 Å². The maximum absolute atomic E-state index is 5.33. The normalized spacial score (nSPS) is 31.2. The van der Waals surface area contributed by atoms with Gasteiger partial charge >= 0.3 is 0 Å². The van der Waals surface area contributed by atoms with Crippen molar-refractivity contribution in [3.05, 3.63) is 0 Å². The highest BCUT2D eigenvalue weighted by atomic mass is 32.2. The van der Waals surface area contributed by atoms with E-state index in [0.29, 0.717) is 12.1 Å². The van der Waals surface area contributed by atoms with Crippen molar-refractivity contribution in [3.63, 3.8) is 0 Å². The van der Waals surface area contributed by atoms with Crippen LogP contribution in [0.1, 0.15) is 6.42 Å². The molecular weight excluding hydrogens is 172 g/mol. The summed E-state index contributed by atoms with van der Waals surface area (Å²) in [6, 6.07) is 1.24. The first kappa shape index (κ1) is 10.3. The maximum Gasteiger partial charge on any atom is 0.0769 e. The third-order valence-electron chi connectivity index (χ3n) is 2.47. The predicted octanol–water partition coefficient (Wildman–Crippen LogP) is 0.573. The molecule has 3 nitrogen and oxygen atoms in total. The molecule has 0 unspecified atom stereocenters.